The lowest BCUT2D eigenvalue weighted by atomic mass is 9.77. The fraction of sp³-hybridized carbons (Fsp3) is 0.462. The molecule has 1 saturated carbocycles. The molecule has 0 aromatic rings. The molecule has 3 atom stereocenters. The van der Waals surface area contributed by atoms with E-state index in [0.717, 1.165) is 12.1 Å². The molecule has 3 unspecified atom stereocenters. The molecule has 0 N–H and O–H groups in total. The lowest BCUT2D eigenvalue weighted by Gasteiger charge is -2.23. The standard InChI is InChI=1S/C13H11NO2/c15-8-3-4-12-7-13(12)6-9(16)1-2-10(13)14-11(12)5-8/h1-4,10H,5-7H2. The van der Waals surface area contributed by atoms with Crippen molar-refractivity contribution in [1.29, 1.82) is 0 Å². The Hall–Kier alpha value is -1.51. The van der Waals surface area contributed by atoms with Gasteiger partial charge in [-0.1, -0.05) is 12.2 Å². The van der Waals surface area contributed by atoms with Gasteiger partial charge in [0.25, 0.3) is 0 Å². The molecule has 1 fully saturated rings. The second-order valence-corrected chi connectivity index (χ2v) is 5.30. The minimum absolute atomic E-state index is 0.00532. The maximum absolute atomic E-state index is 11.5. The maximum atomic E-state index is 11.5. The Morgan fingerprint density at radius 3 is 3.00 bits per heavy atom. The molecule has 0 aromatic carbocycles. The van der Waals surface area contributed by atoms with Crippen LogP contribution in [0.25, 0.3) is 0 Å². The van der Waals surface area contributed by atoms with Gasteiger partial charge in [0, 0.05) is 29.4 Å². The van der Waals surface area contributed by atoms with Crippen molar-refractivity contribution in [2.24, 2.45) is 15.8 Å². The highest BCUT2D eigenvalue weighted by Crippen LogP contribution is 2.75. The van der Waals surface area contributed by atoms with E-state index in [0.29, 0.717) is 12.8 Å². The largest absolute Gasteiger partial charge is 0.295 e. The average molecular weight is 213 g/mol. The first-order valence-corrected chi connectivity index (χ1v) is 5.67. The van der Waals surface area contributed by atoms with Gasteiger partial charge in [0.1, 0.15) is 0 Å². The van der Waals surface area contributed by atoms with Crippen LogP contribution >= 0.6 is 0 Å². The van der Waals surface area contributed by atoms with Crippen molar-refractivity contribution in [3.05, 3.63) is 24.3 Å². The van der Waals surface area contributed by atoms with Crippen molar-refractivity contribution < 1.29 is 9.59 Å². The van der Waals surface area contributed by atoms with Crippen LogP contribution in [0.2, 0.25) is 0 Å². The molecule has 16 heavy (non-hydrogen) atoms. The normalized spacial score (nSPS) is 47.2. The molecule has 0 bridgehead atoms. The molecule has 1 heterocycles. The number of ketones is 2. The van der Waals surface area contributed by atoms with Gasteiger partial charge in [-0.3, -0.25) is 14.6 Å². The van der Waals surface area contributed by atoms with Crippen molar-refractivity contribution >= 4 is 17.3 Å². The van der Waals surface area contributed by atoms with E-state index in [4.69, 9.17) is 0 Å². The van der Waals surface area contributed by atoms with Gasteiger partial charge >= 0.3 is 0 Å². The van der Waals surface area contributed by atoms with Crippen LogP contribution < -0.4 is 0 Å². The Bertz CT molecular complexity index is 528. The Morgan fingerprint density at radius 1 is 1.25 bits per heavy atom. The smallest absolute Gasteiger partial charge is 0.161 e. The Balaban J connectivity index is 1.88. The number of hydrogen-bond donors (Lipinski definition) is 0. The summed E-state index contributed by atoms with van der Waals surface area (Å²) in [7, 11) is 0. The predicted octanol–water partition coefficient (Wildman–Crippen LogP) is 1.24. The highest BCUT2D eigenvalue weighted by Gasteiger charge is 2.75. The first-order valence-electron chi connectivity index (χ1n) is 5.67. The average Bonchev–Trinajstić information content (AvgIpc) is 2.78. The third-order valence-corrected chi connectivity index (χ3v) is 4.58. The summed E-state index contributed by atoms with van der Waals surface area (Å²) >= 11 is 0. The van der Waals surface area contributed by atoms with Crippen LogP contribution in [-0.2, 0) is 9.59 Å². The zero-order valence-corrected chi connectivity index (χ0v) is 8.77. The second-order valence-electron chi connectivity index (χ2n) is 5.30. The van der Waals surface area contributed by atoms with Crippen LogP contribution in [0.4, 0.5) is 0 Å². The Kier molecular flexibility index (Phi) is 1.22. The number of rotatable bonds is 0. The zero-order valence-electron chi connectivity index (χ0n) is 8.77. The number of allylic oxidation sites excluding steroid dienone is 3. The quantitative estimate of drug-likeness (QED) is 0.608. The monoisotopic (exact) mass is 213 g/mol. The molecule has 80 valence electrons. The van der Waals surface area contributed by atoms with Crippen molar-refractivity contribution in [1.82, 2.24) is 0 Å². The highest BCUT2D eigenvalue weighted by molar-refractivity contribution is 6.16. The van der Waals surface area contributed by atoms with E-state index >= 15 is 0 Å². The highest BCUT2D eigenvalue weighted by atomic mass is 16.1. The van der Waals surface area contributed by atoms with Gasteiger partial charge in [0.15, 0.2) is 11.6 Å². The van der Waals surface area contributed by atoms with Gasteiger partial charge in [0.2, 0.25) is 0 Å². The topological polar surface area (TPSA) is 46.5 Å². The molecule has 0 aromatic heterocycles. The molecular formula is C13H11NO2. The number of carbonyl (C=O) groups is 2. The van der Waals surface area contributed by atoms with Crippen LogP contribution in [0.1, 0.15) is 19.3 Å². The number of aliphatic imine (C=N–C) groups is 1. The number of hydrogen-bond acceptors (Lipinski definition) is 3. The molecule has 0 radical (unpaired) electrons. The van der Waals surface area contributed by atoms with E-state index in [1.54, 1.807) is 12.2 Å². The van der Waals surface area contributed by atoms with Gasteiger partial charge in [-0.15, -0.1) is 0 Å². The third kappa shape index (κ3) is 0.731. The van der Waals surface area contributed by atoms with Gasteiger partial charge in [-0.25, -0.2) is 0 Å². The summed E-state index contributed by atoms with van der Waals surface area (Å²) in [6, 6.07) is 0.135. The molecule has 4 rings (SSSR count). The lowest BCUT2D eigenvalue weighted by Crippen LogP contribution is -2.28. The van der Waals surface area contributed by atoms with E-state index in [2.05, 4.69) is 4.99 Å². The molecule has 1 aliphatic heterocycles. The summed E-state index contributed by atoms with van der Waals surface area (Å²) in [5.41, 5.74) is 0.988. The zero-order chi connectivity index (χ0) is 11.0. The summed E-state index contributed by atoms with van der Waals surface area (Å²) in [4.78, 5) is 27.6. The minimum Gasteiger partial charge on any atom is -0.295 e. The third-order valence-electron chi connectivity index (χ3n) is 4.58. The first-order chi connectivity index (χ1) is 7.66. The molecule has 3 heteroatoms. The molecule has 0 amide bonds. The van der Waals surface area contributed by atoms with Crippen molar-refractivity contribution in [3.63, 3.8) is 0 Å². The van der Waals surface area contributed by atoms with E-state index in [1.165, 1.54) is 0 Å². The van der Waals surface area contributed by atoms with Crippen molar-refractivity contribution in [3.8, 4) is 0 Å². The van der Waals surface area contributed by atoms with E-state index < -0.39 is 0 Å². The summed E-state index contributed by atoms with van der Waals surface area (Å²) in [5, 5.41) is 0. The summed E-state index contributed by atoms with van der Waals surface area (Å²) in [6.45, 7) is 0. The molecule has 4 aliphatic rings. The van der Waals surface area contributed by atoms with Crippen LogP contribution in [0.5, 0.6) is 0 Å². The Morgan fingerprint density at radius 2 is 2.12 bits per heavy atom. The Labute approximate surface area is 92.9 Å². The first kappa shape index (κ1) is 8.62. The molecule has 0 saturated heterocycles. The van der Waals surface area contributed by atoms with Crippen LogP contribution in [-0.4, -0.2) is 23.3 Å². The van der Waals surface area contributed by atoms with E-state index in [-0.39, 0.29) is 28.4 Å². The minimum atomic E-state index is -0.0357. The second kappa shape index (κ2) is 2.26. The van der Waals surface area contributed by atoms with Crippen LogP contribution in [0.3, 0.4) is 0 Å². The number of nitrogens with zero attached hydrogens (tertiary/aromatic N) is 1. The number of carbonyl (C=O) groups excluding carboxylic acids is 2. The molecule has 2 spiro atoms. The van der Waals surface area contributed by atoms with Crippen molar-refractivity contribution in [2.75, 3.05) is 0 Å². The molecule has 3 aliphatic carbocycles. The van der Waals surface area contributed by atoms with Gasteiger partial charge in [-0.05, 0) is 18.6 Å². The molecule has 3 nitrogen and oxygen atoms in total. The van der Waals surface area contributed by atoms with Crippen LogP contribution in [0, 0.1) is 10.8 Å². The summed E-state index contributed by atoms with van der Waals surface area (Å²) < 4.78 is 0. The summed E-state index contributed by atoms with van der Waals surface area (Å²) in [5.74, 6) is 0.343. The van der Waals surface area contributed by atoms with Crippen LogP contribution in [0.15, 0.2) is 29.3 Å². The van der Waals surface area contributed by atoms with Crippen molar-refractivity contribution in [2.45, 2.75) is 25.3 Å². The van der Waals surface area contributed by atoms with Gasteiger partial charge in [-0.2, -0.15) is 0 Å². The maximum Gasteiger partial charge on any atom is 0.161 e. The SMILES string of the molecule is O=C1C=CC23CC24CC(=O)C=CC4N=C3C1. The summed E-state index contributed by atoms with van der Waals surface area (Å²) in [6.07, 6.45) is 9.31. The lowest BCUT2D eigenvalue weighted by molar-refractivity contribution is -0.116. The fourth-order valence-corrected chi connectivity index (χ4v) is 3.72. The van der Waals surface area contributed by atoms with Gasteiger partial charge in [0.05, 0.1) is 6.04 Å². The predicted molar refractivity (Wildman–Crippen MR) is 58.2 cm³/mol. The van der Waals surface area contributed by atoms with E-state index in [1.807, 2.05) is 12.2 Å². The van der Waals surface area contributed by atoms with Gasteiger partial charge < -0.3 is 0 Å². The fourth-order valence-electron chi connectivity index (χ4n) is 3.72. The van der Waals surface area contributed by atoms with E-state index in [9.17, 15) is 9.59 Å². The molecular weight excluding hydrogens is 202 g/mol.